The molecule has 0 radical (unpaired) electrons. The van der Waals surface area contributed by atoms with Crippen molar-refractivity contribution >= 4 is 29.4 Å². The van der Waals surface area contributed by atoms with Crippen LogP contribution in [0.4, 0.5) is 30.5 Å². The molecule has 1 saturated heterocycles. The fourth-order valence-electron chi connectivity index (χ4n) is 4.48. The minimum atomic E-state index is -4.74. The number of aromatic nitrogens is 2. The van der Waals surface area contributed by atoms with Crippen LogP contribution in [-0.4, -0.2) is 60.3 Å². The van der Waals surface area contributed by atoms with E-state index in [-0.39, 0.29) is 23.6 Å². The van der Waals surface area contributed by atoms with Gasteiger partial charge in [0.2, 0.25) is 11.8 Å². The molecule has 12 heteroatoms. The summed E-state index contributed by atoms with van der Waals surface area (Å²) in [5.41, 5.74) is 0.949. The number of amides is 1. The van der Waals surface area contributed by atoms with Crippen LogP contribution in [-0.2, 0) is 12.6 Å². The topological polar surface area (TPSA) is 101 Å². The first-order valence-electron chi connectivity index (χ1n) is 12.4. The van der Waals surface area contributed by atoms with E-state index in [1.54, 1.807) is 30.5 Å². The third kappa shape index (κ3) is 5.95. The van der Waals surface area contributed by atoms with Gasteiger partial charge in [0.1, 0.15) is 17.0 Å². The number of anilines is 2. The smallest absolute Gasteiger partial charge is 0.423 e. The van der Waals surface area contributed by atoms with Crippen molar-refractivity contribution in [3.8, 4) is 17.4 Å². The minimum Gasteiger partial charge on any atom is -0.495 e. The zero-order valence-electron chi connectivity index (χ0n) is 21.4. The second-order valence-electron chi connectivity index (χ2n) is 9.38. The Labute approximate surface area is 223 Å². The summed E-state index contributed by atoms with van der Waals surface area (Å²) in [6.07, 6.45) is -0.109. The van der Waals surface area contributed by atoms with Gasteiger partial charge in [0.25, 0.3) is 5.91 Å². The van der Waals surface area contributed by atoms with Gasteiger partial charge < -0.3 is 25.0 Å². The van der Waals surface area contributed by atoms with E-state index in [9.17, 15) is 18.0 Å². The van der Waals surface area contributed by atoms with Crippen LogP contribution in [0.5, 0.6) is 17.4 Å². The molecule has 204 valence electrons. The van der Waals surface area contributed by atoms with Gasteiger partial charge in [0.15, 0.2) is 5.75 Å². The van der Waals surface area contributed by atoms with Crippen LogP contribution < -0.4 is 20.1 Å². The summed E-state index contributed by atoms with van der Waals surface area (Å²) in [7, 11) is 3.48. The zero-order chi connectivity index (χ0) is 27.6. The van der Waals surface area contributed by atoms with E-state index in [0.29, 0.717) is 35.3 Å². The van der Waals surface area contributed by atoms with E-state index in [0.717, 1.165) is 31.5 Å². The van der Waals surface area contributed by atoms with Crippen molar-refractivity contribution < 1.29 is 27.4 Å². The van der Waals surface area contributed by atoms with E-state index in [2.05, 4.69) is 30.5 Å². The summed E-state index contributed by atoms with van der Waals surface area (Å²) >= 11 is 0. The van der Waals surface area contributed by atoms with Crippen LogP contribution in [0.25, 0.3) is 0 Å². The number of carbonyl (C=O) groups is 1. The molecule has 2 aromatic carbocycles. The number of nitrogens with one attached hydrogen (secondary N) is 2. The predicted molar refractivity (Wildman–Crippen MR) is 140 cm³/mol. The SMILES string of the molecule is COc1cc(C(=O)NC2CCN(C)CC2)ccc1Nc1ncc(C(F)(F)F)c(Oc2cccc3c2N=CC3)n1. The molecule has 1 aromatic heterocycles. The van der Waals surface area contributed by atoms with Gasteiger partial charge in [-0.05, 0) is 62.8 Å². The molecule has 5 rings (SSSR count). The number of methoxy groups -OCH3 is 1. The number of aliphatic imine (C=N–C) groups is 1. The molecule has 3 heterocycles. The highest BCUT2D eigenvalue weighted by Crippen LogP contribution is 2.41. The van der Waals surface area contributed by atoms with E-state index in [1.807, 2.05) is 13.1 Å². The molecule has 1 amide bonds. The van der Waals surface area contributed by atoms with Crippen molar-refractivity contribution in [2.75, 3.05) is 32.6 Å². The number of ether oxygens (including phenoxy) is 2. The quantitative estimate of drug-likeness (QED) is 0.429. The fraction of sp³-hybridized carbons (Fsp3) is 0.333. The first kappa shape index (κ1) is 26.4. The van der Waals surface area contributed by atoms with E-state index < -0.39 is 17.6 Å². The van der Waals surface area contributed by atoms with Gasteiger partial charge in [-0.2, -0.15) is 18.2 Å². The van der Waals surface area contributed by atoms with E-state index in [1.165, 1.54) is 13.2 Å². The Bertz CT molecular complexity index is 1400. The minimum absolute atomic E-state index is 0.0907. The number of alkyl halides is 3. The van der Waals surface area contributed by atoms with Gasteiger partial charge >= 0.3 is 6.18 Å². The number of hydrogen-bond acceptors (Lipinski definition) is 8. The molecule has 0 spiro atoms. The molecule has 2 aliphatic heterocycles. The Balaban J connectivity index is 1.37. The highest BCUT2D eigenvalue weighted by molar-refractivity contribution is 5.95. The summed E-state index contributed by atoms with van der Waals surface area (Å²) in [6, 6.07) is 9.88. The second kappa shape index (κ2) is 10.9. The number of halogens is 3. The predicted octanol–water partition coefficient (Wildman–Crippen LogP) is 5.12. The third-order valence-electron chi connectivity index (χ3n) is 6.64. The monoisotopic (exact) mass is 540 g/mol. The molecule has 0 saturated carbocycles. The van der Waals surface area contributed by atoms with Crippen molar-refractivity contribution in [1.82, 2.24) is 20.2 Å². The molecule has 2 N–H and O–H groups in total. The lowest BCUT2D eigenvalue weighted by Gasteiger charge is -2.29. The molecule has 2 aliphatic rings. The average molecular weight is 541 g/mol. The Morgan fingerprint density at radius 3 is 2.67 bits per heavy atom. The normalized spacial score (nSPS) is 15.6. The summed E-state index contributed by atoms with van der Waals surface area (Å²) in [5, 5.41) is 5.92. The third-order valence-corrected chi connectivity index (χ3v) is 6.64. The lowest BCUT2D eigenvalue weighted by atomic mass is 10.0. The number of rotatable bonds is 7. The number of fused-ring (bicyclic) bond motifs is 1. The lowest BCUT2D eigenvalue weighted by Crippen LogP contribution is -2.43. The highest BCUT2D eigenvalue weighted by atomic mass is 19.4. The van der Waals surface area contributed by atoms with Gasteiger partial charge in [-0.3, -0.25) is 9.79 Å². The van der Waals surface area contributed by atoms with Gasteiger partial charge in [-0.1, -0.05) is 12.1 Å². The summed E-state index contributed by atoms with van der Waals surface area (Å²) in [5.74, 6) is -0.574. The number of piperidine rings is 1. The average Bonchev–Trinajstić information content (AvgIpc) is 3.40. The molecule has 0 unspecified atom stereocenters. The second-order valence-corrected chi connectivity index (χ2v) is 9.38. The maximum atomic E-state index is 13.7. The molecule has 0 bridgehead atoms. The highest BCUT2D eigenvalue weighted by Gasteiger charge is 2.37. The van der Waals surface area contributed by atoms with Crippen molar-refractivity contribution in [3.63, 3.8) is 0 Å². The Hall–Kier alpha value is -4.19. The number of nitrogens with zero attached hydrogens (tertiary/aromatic N) is 4. The first-order chi connectivity index (χ1) is 18.7. The Kier molecular flexibility index (Phi) is 7.38. The molecular formula is C27H27F3N6O3. The molecule has 39 heavy (non-hydrogen) atoms. The Morgan fingerprint density at radius 2 is 1.92 bits per heavy atom. The van der Waals surface area contributed by atoms with Crippen molar-refractivity contribution in [2.24, 2.45) is 4.99 Å². The number of hydrogen-bond donors (Lipinski definition) is 2. The zero-order valence-corrected chi connectivity index (χ0v) is 21.4. The molecule has 9 nitrogen and oxygen atoms in total. The molecular weight excluding hydrogens is 513 g/mol. The van der Waals surface area contributed by atoms with Crippen molar-refractivity contribution in [1.29, 1.82) is 0 Å². The number of benzene rings is 2. The lowest BCUT2D eigenvalue weighted by molar-refractivity contribution is -0.139. The van der Waals surface area contributed by atoms with Crippen LogP contribution in [0.3, 0.4) is 0 Å². The standard InChI is InChI=1S/C27H27F3N6O3/c1-36-12-9-18(10-13-36)33-24(37)17-6-7-20(22(14-17)38-2)34-26-32-15-19(27(28,29)30)25(35-26)39-21-5-3-4-16-8-11-31-23(16)21/h3-7,11,14-15,18H,8-10,12-13H2,1-2H3,(H,33,37)(H,32,34,35). The van der Waals surface area contributed by atoms with Crippen LogP contribution in [0.1, 0.15) is 34.3 Å². The first-order valence-corrected chi connectivity index (χ1v) is 12.4. The van der Waals surface area contributed by atoms with Crippen LogP contribution in [0.2, 0.25) is 0 Å². The van der Waals surface area contributed by atoms with Crippen LogP contribution in [0, 0.1) is 0 Å². The van der Waals surface area contributed by atoms with E-state index >= 15 is 0 Å². The van der Waals surface area contributed by atoms with E-state index in [4.69, 9.17) is 9.47 Å². The summed E-state index contributed by atoms with van der Waals surface area (Å²) in [6.45, 7) is 1.83. The largest absolute Gasteiger partial charge is 0.495 e. The van der Waals surface area contributed by atoms with Gasteiger partial charge in [-0.25, -0.2) is 4.98 Å². The molecule has 0 aliphatic carbocycles. The van der Waals surface area contributed by atoms with Crippen molar-refractivity contribution in [3.05, 3.63) is 59.3 Å². The number of likely N-dealkylation sites (tertiary alicyclic amines) is 1. The molecule has 1 fully saturated rings. The Morgan fingerprint density at radius 1 is 1.13 bits per heavy atom. The number of carbonyl (C=O) groups excluding carboxylic acids is 1. The maximum Gasteiger partial charge on any atom is 0.423 e. The molecule has 3 aromatic rings. The van der Waals surface area contributed by atoms with Crippen LogP contribution >= 0.6 is 0 Å². The van der Waals surface area contributed by atoms with Gasteiger partial charge in [-0.15, -0.1) is 0 Å². The maximum absolute atomic E-state index is 13.7. The van der Waals surface area contributed by atoms with Crippen molar-refractivity contribution in [2.45, 2.75) is 31.5 Å². The fourth-order valence-corrected chi connectivity index (χ4v) is 4.48. The van der Waals surface area contributed by atoms with Gasteiger partial charge in [0.05, 0.1) is 12.8 Å². The van der Waals surface area contributed by atoms with Gasteiger partial charge in [0, 0.05) is 30.4 Å². The number of para-hydroxylation sites is 1. The molecule has 0 atom stereocenters. The summed E-state index contributed by atoms with van der Waals surface area (Å²) < 4.78 is 52.3. The summed E-state index contributed by atoms with van der Waals surface area (Å²) in [4.78, 5) is 27.1. The van der Waals surface area contributed by atoms with Crippen LogP contribution in [0.15, 0.2) is 47.6 Å².